The van der Waals surface area contributed by atoms with Crippen molar-refractivity contribution in [2.45, 2.75) is 0 Å². The summed E-state index contributed by atoms with van der Waals surface area (Å²) in [5.74, 6) is 0. The van der Waals surface area contributed by atoms with Crippen molar-refractivity contribution < 1.29 is 0 Å². The maximum Gasteiger partial charge on any atom is 0.151 e. The molecule has 0 aliphatic heterocycles. The highest BCUT2D eigenvalue weighted by Crippen LogP contribution is 2.33. The van der Waals surface area contributed by atoms with Crippen LogP contribution in [0.1, 0.15) is 0 Å². The molecule has 1 aromatic heterocycles. The van der Waals surface area contributed by atoms with E-state index < -0.39 is 0 Å². The lowest BCUT2D eigenvalue weighted by molar-refractivity contribution is 1.31. The summed E-state index contributed by atoms with van der Waals surface area (Å²) in [5.41, 5.74) is 5.91. The van der Waals surface area contributed by atoms with Crippen LogP contribution in [0.2, 0.25) is 15.3 Å². The van der Waals surface area contributed by atoms with Crippen molar-refractivity contribution in [2.75, 3.05) is 5.73 Å². The number of hydrogen-bond donors (Lipinski definition) is 1. The summed E-state index contributed by atoms with van der Waals surface area (Å²) in [6.07, 6.45) is 0. The highest BCUT2D eigenvalue weighted by molar-refractivity contribution is 14.1. The van der Waals surface area contributed by atoms with Crippen molar-refractivity contribution in [3.63, 3.8) is 0 Å². The minimum atomic E-state index is 0.134. The van der Waals surface area contributed by atoms with Crippen LogP contribution >= 0.6 is 57.4 Å². The lowest BCUT2D eigenvalue weighted by Crippen LogP contribution is -1.94. The number of hydrogen-bond acceptors (Lipinski definition) is 2. The maximum atomic E-state index is 5.67. The predicted molar refractivity (Wildman–Crippen MR) is 56.4 cm³/mol. The van der Waals surface area contributed by atoms with Gasteiger partial charge >= 0.3 is 0 Å². The Morgan fingerprint density at radius 3 is 2.27 bits per heavy atom. The summed E-state index contributed by atoms with van der Waals surface area (Å²) in [6.45, 7) is 0. The molecule has 60 valence electrons. The number of nitrogens with zero attached hydrogens (tertiary/aromatic N) is 1. The Balaban J connectivity index is 3.46. The molecule has 0 spiro atoms. The third-order valence-electron chi connectivity index (χ3n) is 1.03. The predicted octanol–water partition coefficient (Wildman–Crippen LogP) is 3.23. The number of anilines is 1. The van der Waals surface area contributed by atoms with Gasteiger partial charge in [-0.05, 0) is 22.6 Å². The van der Waals surface area contributed by atoms with Crippen LogP contribution in [0.5, 0.6) is 0 Å². The minimum absolute atomic E-state index is 0.134. The molecule has 0 radical (unpaired) electrons. The highest BCUT2D eigenvalue weighted by Gasteiger charge is 2.11. The summed E-state index contributed by atoms with van der Waals surface area (Å²) in [6, 6.07) is 0. The SMILES string of the molecule is Nc1c(Cl)c(Cl)nc(Cl)c1I. The Labute approximate surface area is 92.2 Å². The average molecular weight is 323 g/mol. The molecule has 11 heavy (non-hydrogen) atoms. The van der Waals surface area contributed by atoms with E-state index >= 15 is 0 Å². The Bertz CT molecular complexity index is 276. The van der Waals surface area contributed by atoms with Crippen molar-refractivity contribution in [3.8, 4) is 0 Å². The first-order valence-electron chi connectivity index (χ1n) is 2.49. The molecule has 0 aliphatic rings. The zero-order chi connectivity index (χ0) is 8.59. The van der Waals surface area contributed by atoms with Crippen molar-refractivity contribution in [3.05, 3.63) is 18.9 Å². The van der Waals surface area contributed by atoms with Crippen LogP contribution in [0.15, 0.2) is 0 Å². The Morgan fingerprint density at radius 1 is 1.18 bits per heavy atom. The molecule has 0 bridgehead atoms. The van der Waals surface area contributed by atoms with Crippen LogP contribution in [0.4, 0.5) is 5.69 Å². The first kappa shape index (κ1) is 9.64. The zero-order valence-corrected chi connectivity index (χ0v) is 9.46. The van der Waals surface area contributed by atoms with Gasteiger partial charge in [0.1, 0.15) is 10.2 Å². The Hall–Kier alpha value is 0.550. The summed E-state index contributed by atoms with van der Waals surface area (Å²) in [5, 5.41) is 0.660. The number of rotatable bonds is 0. The molecule has 0 atom stereocenters. The Morgan fingerprint density at radius 2 is 1.73 bits per heavy atom. The molecule has 0 unspecified atom stereocenters. The third kappa shape index (κ3) is 1.83. The third-order valence-corrected chi connectivity index (χ3v) is 3.47. The molecule has 0 saturated heterocycles. The molecular formula is C5H2Cl3IN2. The topological polar surface area (TPSA) is 38.9 Å². The second-order valence-electron chi connectivity index (χ2n) is 1.74. The molecule has 2 nitrogen and oxygen atoms in total. The molecule has 1 heterocycles. The van der Waals surface area contributed by atoms with Gasteiger partial charge in [0.25, 0.3) is 0 Å². The monoisotopic (exact) mass is 322 g/mol. The molecule has 1 aromatic rings. The standard InChI is InChI=1S/C5H2Cl3IN2/c6-1-3(10)2(9)5(8)11-4(1)7/h(H2,10,11). The van der Waals surface area contributed by atoms with Gasteiger partial charge in [-0.2, -0.15) is 0 Å². The van der Waals surface area contributed by atoms with Crippen LogP contribution in [0, 0.1) is 3.57 Å². The first-order chi connectivity index (χ1) is 5.04. The number of nitrogen functional groups attached to an aromatic ring is 1. The van der Waals surface area contributed by atoms with E-state index in [0.29, 0.717) is 9.26 Å². The number of nitrogens with two attached hydrogens (primary N) is 1. The lowest BCUT2D eigenvalue weighted by atomic mass is 10.4. The van der Waals surface area contributed by atoms with Gasteiger partial charge in [0.15, 0.2) is 5.15 Å². The quantitative estimate of drug-likeness (QED) is 0.588. The van der Waals surface area contributed by atoms with E-state index in [0.717, 1.165) is 0 Å². The average Bonchev–Trinajstić information content (AvgIpc) is 1.97. The zero-order valence-electron chi connectivity index (χ0n) is 5.04. The van der Waals surface area contributed by atoms with Crippen LogP contribution < -0.4 is 5.73 Å². The van der Waals surface area contributed by atoms with E-state index in [-0.39, 0.29) is 15.3 Å². The number of halogens is 4. The molecule has 1 rings (SSSR count). The minimum Gasteiger partial charge on any atom is -0.396 e. The fraction of sp³-hybridized carbons (Fsp3) is 0. The van der Waals surface area contributed by atoms with Crippen LogP contribution in [0.3, 0.4) is 0 Å². The first-order valence-corrected chi connectivity index (χ1v) is 4.70. The normalized spacial score (nSPS) is 10.2. The maximum absolute atomic E-state index is 5.67. The fourth-order valence-corrected chi connectivity index (χ4v) is 1.61. The molecule has 0 fully saturated rings. The van der Waals surface area contributed by atoms with Gasteiger partial charge < -0.3 is 5.73 Å². The van der Waals surface area contributed by atoms with Gasteiger partial charge in [0.05, 0.1) is 9.26 Å². The summed E-state index contributed by atoms with van der Waals surface area (Å²) < 4.78 is 0.624. The van der Waals surface area contributed by atoms with Crippen molar-refractivity contribution >= 4 is 63.1 Å². The highest BCUT2D eigenvalue weighted by atomic mass is 127. The van der Waals surface area contributed by atoms with E-state index in [1.807, 2.05) is 22.6 Å². The number of aromatic nitrogens is 1. The van der Waals surface area contributed by atoms with Crippen molar-refractivity contribution in [1.29, 1.82) is 0 Å². The molecule has 6 heteroatoms. The van der Waals surface area contributed by atoms with Crippen LogP contribution in [0.25, 0.3) is 0 Å². The van der Waals surface area contributed by atoms with Gasteiger partial charge in [-0.1, -0.05) is 34.8 Å². The van der Waals surface area contributed by atoms with E-state index in [4.69, 9.17) is 40.5 Å². The van der Waals surface area contributed by atoms with E-state index in [9.17, 15) is 0 Å². The molecule has 0 aromatic carbocycles. The largest absolute Gasteiger partial charge is 0.396 e. The second-order valence-corrected chi connectivity index (χ2v) is 3.91. The second kappa shape index (κ2) is 3.51. The van der Waals surface area contributed by atoms with Crippen LogP contribution in [-0.4, -0.2) is 4.98 Å². The molecule has 0 aliphatic carbocycles. The molecule has 0 amide bonds. The lowest BCUT2D eigenvalue weighted by Gasteiger charge is -2.03. The fourth-order valence-electron chi connectivity index (χ4n) is 0.503. The van der Waals surface area contributed by atoms with Gasteiger partial charge in [0, 0.05) is 0 Å². The summed E-state index contributed by atoms with van der Waals surface area (Å²) in [4.78, 5) is 3.74. The van der Waals surface area contributed by atoms with Crippen LogP contribution in [-0.2, 0) is 0 Å². The van der Waals surface area contributed by atoms with E-state index in [1.54, 1.807) is 0 Å². The van der Waals surface area contributed by atoms with Gasteiger partial charge in [-0.3, -0.25) is 0 Å². The molecule has 2 N–H and O–H groups in total. The van der Waals surface area contributed by atoms with Gasteiger partial charge in [-0.25, -0.2) is 4.98 Å². The molecular weight excluding hydrogens is 321 g/mol. The van der Waals surface area contributed by atoms with E-state index in [2.05, 4.69) is 4.98 Å². The van der Waals surface area contributed by atoms with E-state index in [1.165, 1.54) is 0 Å². The smallest absolute Gasteiger partial charge is 0.151 e. The van der Waals surface area contributed by atoms with Crippen molar-refractivity contribution in [2.24, 2.45) is 0 Å². The summed E-state index contributed by atoms with van der Waals surface area (Å²) in [7, 11) is 0. The van der Waals surface area contributed by atoms with Gasteiger partial charge in [0.2, 0.25) is 0 Å². The van der Waals surface area contributed by atoms with Gasteiger partial charge in [-0.15, -0.1) is 0 Å². The number of pyridine rings is 1. The van der Waals surface area contributed by atoms with Crippen molar-refractivity contribution in [1.82, 2.24) is 4.98 Å². The Kier molecular flexibility index (Phi) is 3.08. The summed E-state index contributed by atoms with van der Waals surface area (Å²) >= 11 is 18.9. The molecule has 0 saturated carbocycles.